The van der Waals surface area contributed by atoms with Crippen LogP contribution in [0.25, 0.3) is 0 Å². The van der Waals surface area contributed by atoms with E-state index in [1.165, 1.54) is 25.7 Å². The maximum Gasteiger partial charge on any atom is 0.253 e. The van der Waals surface area contributed by atoms with Crippen LogP contribution in [0.5, 0.6) is 0 Å². The van der Waals surface area contributed by atoms with Crippen molar-refractivity contribution in [2.75, 3.05) is 13.1 Å². The van der Waals surface area contributed by atoms with E-state index in [1.807, 2.05) is 29.2 Å². The van der Waals surface area contributed by atoms with Crippen LogP contribution in [-0.2, 0) is 11.3 Å². The Balaban J connectivity index is 1.19. The van der Waals surface area contributed by atoms with Gasteiger partial charge in [0.15, 0.2) is 0 Å². The third kappa shape index (κ3) is 3.71. The molecule has 1 heterocycles. The Morgan fingerprint density at radius 1 is 1.03 bits per heavy atom. The van der Waals surface area contributed by atoms with E-state index in [1.54, 1.807) is 0 Å². The molecule has 5 fully saturated rings. The average molecular weight is 395 g/mol. The number of carbonyl (C=O) groups is 2. The van der Waals surface area contributed by atoms with Crippen LogP contribution in [0.1, 0.15) is 74.2 Å². The predicted octanol–water partition coefficient (Wildman–Crippen LogP) is 4.39. The van der Waals surface area contributed by atoms with Gasteiger partial charge in [-0.3, -0.25) is 9.59 Å². The Morgan fingerprint density at radius 3 is 2.24 bits per heavy atom. The SMILES string of the molecule is CC1CCCN(C(=O)c2ccc(CNC(=O)C34CC5CC(CC(C5)C3)C4)cc2)C1. The highest BCUT2D eigenvalue weighted by Crippen LogP contribution is 2.60. The largest absolute Gasteiger partial charge is 0.352 e. The lowest BCUT2D eigenvalue weighted by Crippen LogP contribution is -2.53. The lowest BCUT2D eigenvalue weighted by Gasteiger charge is -2.55. The van der Waals surface area contributed by atoms with Gasteiger partial charge in [0.25, 0.3) is 5.91 Å². The molecule has 4 heteroatoms. The van der Waals surface area contributed by atoms with E-state index in [4.69, 9.17) is 0 Å². The molecule has 1 aliphatic heterocycles. The molecule has 1 saturated heterocycles. The normalized spacial score (nSPS) is 35.6. The Labute approximate surface area is 174 Å². The van der Waals surface area contributed by atoms with Gasteiger partial charge in [0, 0.05) is 30.6 Å². The predicted molar refractivity (Wildman–Crippen MR) is 113 cm³/mol. The zero-order chi connectivity index (χ0) is 20.0. The number of benzene rings is 1. The number of piperidine rings is 1. The maximum absolute atomic E-state index is 13.1. The summed E-state index contributed by atoms with van der Waals surface area (Å²) in [6, 6.07) is 7.85. The van der Waals surface area contributed by atoms with Crippen LogP contribution >= 0.6 is 0 Å². The van der Waals surface area contributed by atoms with Gasteiger partial charge in [0.1, 0.15) is 0 Å². The van der Waals surface area contributed by atoms with Crippen LogP contribution in [0.3, 0.4) is 0 Å². The molecule has 4 bridgehead atoms. The molecule has 4 nitrogen and oxygen atoms in total. The first-order chi connectivity index (χ1) is 14.0. The maximum atomic E-state index is 13.1. The molecule has 2 amide bonds. The molecule has 0 radical (unpaired) electrons. The molecular formula is C25H34N2O2. The highest BCUT2D eigenvalue weighted by Gasteiger charge is 2.54. The monoisotopic (exact) mass is 394 g/mol. The van der Waals surface area contributed by atoms with E-state index in [0.717, 1.165) is 67.7 Å². The third-order valence-corrected chi connectivity index (χ3v) is 8.12. The molecular weight excluding hydrogens is 360 g/mol. The minimum absolute atomic E-state index is 0.0877. The second-order valence-electron chi connectivity index (χ2n) is 10.6. The topological polar surface area (TPSA) is 49.4 Å². The minimum Gasteiger partial charge on any atom is -0.352 e. The average Bonchev–Trinajstić information content (AvgIpc) is 2.71. The zero-order valence-corrected chi connectivity index (χ0v) is 17.7. The van der Waals surface area contributed by atoms with Gasteiger partial charge in [-0.1, -0.05) is 19.1 Å². The molecule has 1 atom stereocenters. The van der Waals surface area contributed by atoms with E-state index in [9.17, 15) is 9.59 Å². The van der Waals surface area contributed by atoms with Crippen LogP contribution in [0.15, 0.2) is 24.3 Å². The summed E-state index contributed by atoms with van der Waals surface area (Å²) in [6.07, 6.45) is 9.70. The van der Waals surface area contributed by atoms with Crippen molar-refractivity contribution in [2.45, 2.75) is 64.8 Å². The minimum atomic E-state index is -0.0877. The summed E-state index contributed by atoms with van der Waals surface area (Å²) >= 11 is 0. The second-order valence-corrected chi connectivity index (χ2v) is 10.6. The molecule has 6 rings (SSSR count). The molecule has 156 valence electrons. The molecule has 1 aromatic rings. The van der Waals surface area contributed by atoms with Crippen LogP contribution in [-0.4, -0.2) is 29.8 Å². The van der Waals surface area contributed by atoms with Gasteiger partial charge in [-0.15, -0.1) is 0 Å². The number of rotatable bonds is 4. The number of hydrogen-bond donors (Lipinski definition) is 1. The van der Waals surface area contributed by atoms with Gasteiger partial charge >= 0.3 is 0 Å². The standard InChI is InChI=1S/C25H34N2O2/c1-17-3-2-8-27(16-17)23(28)22-6-4-18(5-7-22)15-26-24(29)25-12-19-9-20(13-25)11-21(10-19)14-25/h4-7,17,19-21H,2-3,8-16H2,1H3,(H,26,29). The van der Waals surface area contributed by atoms with Crippen molar-refractivity contribution in [2.24, 2.45) is 29.1 Å². The van der Waals surface area contributed by atoms with Crippen molar-refractivity contribution in [3.8, 4) is 0 Å². The van der Waals surface area contributed by atoms with E-state index in [0.29, 0.717) is 12.5 Å². The molecule has 1 aromatic carbocycles. The lowest BCUT2D eigenvalue weighted by atomic mass is 9.49. The first-order valence-electron chi connectivity index (χ1n) is 11.7. The van der Waals surface area contributed by atoms with E-state index in [2.05, 4.69) is 12.2 Å². The van der Waals surface area contributed by atoms with E-state index >= 15 is 0 Å². The highest BCUT2D eigenvalue weighted by atomic mass is 16.2. The number of amides is 2. The van der Waals surface area contributed by atoms with E-state index < -0.39 is 0 Å². The molecule has 0 aromatic heterocycles. The number of nitrogens with zero attached hydrogens (tertiary/aromatic N) is 1. The van der Waals surface area contributed by atoms with Gasteiger partial charge < -0.3 is 10.2 Å². The van der Waals surface area contributed by atoms with Crippen LogP contribution in [0.4, 0.5) is 0 Å². The van der Waals surface area contributed by atoms with Gasteiger partial charge in [0.2, 0.25) is 5.91 Å². The molecule has 29 heavy (non-hydrogen) atoms. The summed E-state index contributed by atoms with van der Waals surface area (Å²) < 4.78 is 0. The summed E-state index contributed by atoms with van der Waals surface area (Å²) in [4.78, 5) is 27.8. The van der Waals surface area contributed by atoms with Crippen LogP contribution < -0.4 is 5.32 Å². The fourth-order valence-corrected chi connectivity index (χ4v) is 7.08. The Kier molecular flexibility index (Phi) is 4.92. The quantitative estimate of drug-likeness (QED) is 0.823. The van der Waals surface area contributed by atoms with Gasteiger partial charge in [-0.05, 0) is 92.7 Å². The molecule has 0 spiro atoms. The van der Waals surface area contributed by atoms with Crippen molar-refractivity contribution < 1.29 is 9.59 Å². The zero-order valence-electron chi connectivity index (χ0n) is 17.7. The lowest BCUT2D eigenvalue weighted by molar-refractivity contribution is -0.146. The fraction of sp³-hybridized carbons (Fsp3) is 0.680. The van der Waals surface area contributed by atoms with Crippen molar-refractivity contribution in [3.63, 3.8) is 0 Å². The van der Waals surface area contributed by atoms with Gasteiger partial charge in [-0.2, -0.15) is 0 Å². The molecule has 4 saturated carbocycles. The molecule has 1 unspecified atom stereocenters. The van der Waals surface area contributed by atoms with Crippen LogP contribution in [0, 0.1) is 29.1 Å². The number of hydrogen-bond acceptors (Lipinski definition) is 2. The van der Waals surface area contributed by atoms with Gasteiger partial charge in [0.05, 0.1) is 0 Å². The summed E-state index contributed by atoms with van der Waals surface area (Å²) in [5.74, 6) is 3.37. The Bertz CT molecular complexity index is 749. The molecule has 4 aliphatic carbocycles. The fourth-order valence-electron chi connectivity index (χ4n) is 7.08. The number of carbonyl (C=O) groups excluding carboxylic acids is 2. The summed E-state index contributed by atoms with van der Waals surface area (Å²) in [6.45, 7) is 4.51. The van der Waals surface area contributed by atoms with Gasteiger partial charge in [-0.25, -0.2) is 0 Å². The smallest absolute Gasteiger partial charge is 0.253 e. The first kappa shape index (κ1) is 19.1. The van der Waals surface area contributed by atoms with E-state index in [-0.39, 0.29) is 17.2 Å². The van der Waals surface area contributed by atoms with Crippen molar-refractivity contribution in [3.05, 3.63) is 35.4 Å². The Hall–Kier alpha value is -1.84. The van der Waals surface area contributed by atoms with Crippen molar-refractivity contribution in [1.29, 1.82) is 0 Å². The second kappa shape index (κ2) is 7.45. The number of nitrogens with one attached hydrogen (secondary N) is 1. The highest BCUT2D eigenvalue weighted by molar-refractivity contribution is 5.94. The Morgan fingerprint density at radius 2 is 1.66 bits per heavy atom. The number of likely N-dealkylation sites (tertiary alicyclic amines) is 1. The first-order valence-corrected chi connectivity index (χ1v) is 11.7. The molecule has 5 aliphatic rings. The summed E-state index contributed by atoms with van der Waals surface area (Å²) in [7, 11) is 0. The van der Waals surface area contributed by atoms with Crippen molar-refractivity contribution >= 4 is 11.8 Å². The van der Waals surface area contributed by atoms with Crippen molar-refractivity contribution in [1.82, 2.24) is 10.2 Å². The van der Waals surface area contributed by atoms with Crippen LogP contribution in [0.2, 0.25) is 0 Å². The summed E-state index contributed by atoms with van der Waals surface area (Å²) in [5, 5.41) is 3.24. The summed E-state index contributed by atoms with van der Waals surface area (Å²) in [5.41, 5.74) is 1.75. The molecule has 1 N–H and O–H groups in total. The third-order valence-electron chi connectivity index (χ3n) is 8.12.